The van der Waals surface area contributed by atoms with Crippen LogP contribution in [0.15, 0.2) is 35.5 Å². The fourth-order valence-corrected chi connectivity index (χ4v) is 3.42. The van der Waals surface area contributed by atoms with E-state index in [4.69, 9.17) is 11.6 Å². The Morgan fingerprint density at radius 1 is 1.43 bits per heavy atom. The smallest absolute Gasteiger partial charge is 0.297 e. The number of carbonyl (C=O) groups excluding carboxylic acids is 1. The first kappa shape index (κ1) is 14.0. The molecule has 0 N–H and O–H groups in total. The van der Waals surface area contributed by atoms with Crippen LogP contribution in [0.1, 0.15) is 17.4 Å². The van der Waals surface area contributed by atoms with Crippen molar-refractivity contribution in [2.24, 2.45) is 12.0 Å². The molecule has 0 saturated carbocycles. The van der Waals surface area contributed by atoms with E-state index < -0.39 is 0 Å². The Hall–Kier alpha value is -1.92. The van der Waals surface area contributed by atoms with Gasteiger partial charge in [-0.05, 0) is 31.2 Å². The van der Waals surface area contributed by atoms with E-state index in [-0.39, 0.29) is 5.91 Å². The van der Waals surface area contributed by atoms with Crippen LogP contribution in [0.4, 0.5) is 0 Å². The molecule has 3 rings (SSSR count). The van der Waals surface area contributed by atoms with Crippen LogP contribution in [-0.2, 0) is 13.6 Å². The van der Waals surface area contributed by atoms with Crippen LogP contribution in [0.25, 0.3) is 10.2 Å². The average Bonchev–Trinajstić information content (AvgIpc) is 3.04. The van der Waals surface area contributed by atoms with Gasteiger partial charge in [0.2, 0.25) is 0 Å². The maximum absolute atomic E-state index is 12.3. The fraction of sp³-hybridized carbons (Fsp3) is 0.214. The average molecular weight is 321 g/mol. The van der Waals surface area contributed by atoms with Crippen molar-refractivity contribution in [1.82, 2.24) is 14.3 Å². The molecule has 0 bridgehead atoms. The molecule has 108 valence electrons. The van der Waals surface area contributed by atoms with Gasteiger partial charge >= 0.3 is 0 Å². The van der Waals surface area contributed by atoms with Gasteiger partial charge in [0.15, 0.2) is 4.80 Å². The fourth-order valence-electron chi connectivity index (χ4n) is 2.12. The minimum atomic E-state index is -0.289. The molecule has 21 heavy (non-hydrogen) atoms. The van der Waals surface area contributed by atoms with Gasteiger partial charge in [0.1, 0.15) is 5.69 Å². The van der Waals surface area contributed by atoms with E-state index in [1.807, 2.05) is 36.7 Å². The van der Waals surface area contributed by atoms with Crippen molar-refractivity contribution in [3.05, 3.63) is 46.0 Å². The number of rotatable bonds is 2. The van der Waals surface area contributed by atoms with E-state index >= 15 is 0 Å². The molecule has 0 aliphatic heterocycles. The van der Waals surface area contributed by atoms with Crippen molar-refractivity contribution in [3.8, 4) is 0 Å². The largest absolute Gasteiger partial charge is 0.319 e. The molecule has 0 saturated heterocycles. The summed E-state index contributed by atoms with van der Waals surface area (Å²) >= 11 is 7.43. The van der Waals surface area contributed by atoms with Crippen molar-refractivity contribution in [1.29, 1.82) is 0 Å². The quantitative estimate of drug-likeness (QED) is 0.729. The standard InChI is InChI=1S/C14H13ClN4OS/c1-3-19-11(6-7-16-19)13(20)17-14-18(2)10-5-4-9(15)8-12(10)21-14/h4-8H,3H2,1-2H3. The molecule has 2 heterocycles. The van der Waals surface area contributed by atoms with Crippen molar-refractivity contribution < 1.29 is 4.79 Å². The van der Waals surface area contributed by atoms with Gasteiger partial charge in [-0.15, -0.1) is 0 Å². The van der Waals surface area contributed by atoms with Crippen molar-refractivity contribution in [2.75, 3.05) is 0 Å². The molecule has 2 aromatic heterocycles. The molecule has 0 aliphatic carbocycles. The molecule has 5 nitrogen and oxygen atoms in total. The summed E-state index contributed by atoms with van der Waals surface area (Å²) in [5.74, 6) is -0.289. The zero-order valence-corrected chi connectivity index (χ0v) is 13.1. The lowest BCUT2D eigenvalue weighted by Crippen LogP contribution is -2.15. The number of hydrogen-bond donors (Lipinski definition) is 0. The number of amides is 1. The second-order valence-electron chi connectivity index (χ2n) is 4.50. The van der Waals surface area contributed by atoms with Crippen LogP contribution in [0, 0.1) is 0 Å². The van der Waals surface area contributed by atoms with Crippen LogP contribution in [0.5, 0.6) is 0 Å². The predicted molar refractivity (Wildman–Crippen MR) is 83.6 cm³/mol. The number of aryl methyl sites for hydroxylation is 2. The Bertz CT molecular complexity index is 890. The van der Waals surface area contributed by atoms with Crippen LogP contribution < -0.4 is 4.80 Å². The van der Waals surface area contributed by atoms with Crippen molar-refractivity contribution >= 4 is 39.1 Å². The van der Waals surface area contributed by atoms with Crippen LogP contribution in [-0.4, -0.2) is 20.3 Å². The van der Waals surface area contributed by atoms with E-state index in [2.05, 4.69) is 10.1 Å². The second-order valence-corrected chi connectivity index (χ2v) is 5.95. The molecule has 0 fully saturated rings. The van der Waals surface area contributed by atoms with Gasteiger partial charge in [-0.1, -0.05) is 22.9 Å². The van der Waals surface area contributed by atoms with Gasteiger partial charge in [0, 0.05) is 24.8 Å². The first-order valence-corrected chi connectivity index (χ1v) is 7.65. The molecule has 0 aliphatic rings. The Kier molecular flexibility index (Phi) is 3.65. The van der Waals surface area contributed by atoms with E-state index in [1.165, 1.54) is 11.3 Å². The molecular formula is C14H13ClN4OS. The highest BCUT2D eigenvalue weighted by Gasteiger charge is 2.11. The molecule has 1 aromatic carbocycles. The summed E-state index contributed by atoms with van der Waals surface area (Å²) in [6, 6.07) is 7.31. The van der Waals surface area contributed by atoms with E-state index in [9.17, 15) is 4.79 Å². The number of hydrogen-bond acceptors (Lipinski definition) is 3. The van der Waals surface area contributed by atoms with Crippen LogP contribution >= 0.6 is 22.9 Å². The number of halogens is 1. The first-order valence-electron chi connectivity index (χ1n) is 6.46. The van der Waals surface area contributed by atoms with Gasteiger partial charge < -0.3 is 4.57 Å². The Labute approximate surface area is 130 Å². The molecular weight excluding hydrogens is 308 g/mol. The zero-order valence-electron chi connectivity index (χ0n) is 11.6. The van der Waals surface area contributed by atoms with Crippen LogP contribution in [0.3, 0.4) is 0 Å². The summed E-state index contributed by atoms with van der Waals surface area (Å²) in [5.41, 5.74) is 1.49. The van der Waals surface area contributed by atoms with E-state index in [0.29, 0.717) is 22.1 Å². The molecule has 1 amide bonds. The topological polar surface area (TPSA) is 52.2 Å². The highest BCUT2D eigenvalue weighted by Crippen LogP contribution is 2.21. The predicted octanol–water partition coefficient (Wildman–Crippen LogP) is 2.85. The van der Waals surface area contributed by atoms with Crippen molar-refractivity contribution in [3.63, 3.8) is 0 Å². The zero-order chi connectivity index (χ0) is 15.0. The van der Waals surface area contributed by atoms with Gasteiger partial charge in [-0.2, -0.15) is 10.1 Å². The summed E-state index contributed by atoms with van der Waals surface area (Å²) in [6.07, 6.45) is 1.61. The van der Waals surface area contributed by atoms with Gasteiger partial charge in [-0.25, -0.2) is 0 Å². The van der Waals surface area contributed by atoms with Gasteiger partial charge in [-0.3, -0.25) is 9.48 Å². The third-order valence-corrected chi connectivity index (χ3v) is 4.53. The number of thiazole rings is 1. The number of benzene rings is 1. The summed E-state index contributed by atoms with van der Waals surface area (Å²) in [5, 5.41) is 4.76. The first-order chi connectivity index (χ1) is 10.1. The summed E-state index contributed by atoms with van der Waals surface area (Å²) in [7, 11) is 1.88. The minimum Gasteiger partial charge on any atom is -0.319 e. The van der Waals surface area contributed by atoms with E-state index in [1.54, 1.807) is 16.9 Å². The number of nitrogens with zero attached hydrogens (tertiary/aromatic N) is 4. The molecule has 0 radical (unpaired) electrons. The number of aromatic nitrogens is 3. The Balaban J connectivity index is 2.11. The molecule has 0 unspecified atom stereocenters. The van der Waals surface area contributed by atoms with Gasteiger partial charge in [0.05, 0.1) is 10.2 Å². The lowest BCUT2D eigenvalue weighted by molar-refractivity contribution is 0.0988. The molecule has 0 spiro atoms. The van der Waals surface area contributed by atoms with E-state index in [0.717, 1.165) is 10.2 Å². The highest BCUT2D eigenvalue weighted by molar-refractivity contribution is 7.16. The molecule has 7 heteroatoms. The molecule has 3 aromatic rings. The highest BCUT2D eigenvalue weighted by atomic mass is 35.5. The van der Waals surface area contributed by atoms with Crippen LogP contribution in [0.2, 0.25) is 5.02 Å². The second kappa shape index (κ2) is 5.46. The number of carbonyl (C=O) groups is 1. The summed E-state index contributed by atoms with van der Waals surface area (Å²) in [6.45, 7) is 2.57. The third kappa shape index (κ3) is 2.52. The lowest BCUT2D eigenvalue weighted by atomic mass is 10.3. The normalized spacial score (nSPS) is 12.2. The van der Waals surface area contributed by atoms with Crippen molar-refractivity contribution in [2.45, 2.75) is 13.5 Å². The summed E-state index contributed by atoms with van der Waals surface area (Å²) < 4.78 is 4.53. The third-order valence-electron chi connectivity index (χ3n) is 3.20. The minimum absolute atomic E-state index is 0.289. The maximum Gasteiger partial charge on any atom is 0.297 e. The monoisotopic (exact) mass is 320 g/mol. The van der Waals surface area contributed by atoms with Gasteiger partial charge in [0.25, 0.3) is 5.91 Å². The molecule has 0 atom stereocenters. The summed E-state index contributed by atoms with van der Waals surface area (Å²) in [4.78, 5) is 17.1. The lowest BCUT2D eigenvalue weighted by Gasteiger charge is -1.99. The SMILES string of the molecule is CCn1nccc1C(=O)N=c1sc2cc(Cl)ccc2n1C. The Morgan fingerprint density at radius 3 is 3.00 bits per heavy atom. The maximum atomic E-state index is 12.3. The number of fused-ring (bicyclic) bond motifs is 1. The Morgan fingerprint density at radius 2 is 2.24 bits per heavy atom.